The van der Waals surface area contributed by atoms with Gasteiger partial charge in [0.1, 0.15) is 0 Å². The van der Waals surface area contributed by atoms with Crippen molar-refractivity contribution in [1.29, 1.82) is 0 Å². The summed E-state index contributed by atoms with van der Waals surface area (Å²) in [5.41, 5.74) is 5.11. The Morgan fingerprint density at radius 3 is 2.26 bits per heavy atom. The van der Waals surface area contributed by atoms with Gasteiger partial charge in [0.25, 0.3) is 0 Å². The van der Waals surface area contributed by atoms with Crippen LogP contribution in [0, 0.1) is 0 Å². The molecule has 1 aliphatic carbocycles. The van der Waals surface area contributed by atoms with Gasteiger partial charge in [-0.3, -0.25) is 0 Å². The third kappa shape index (κ3) is 2.90. The molecule has 4 aromatic rings. The third-order valence-electron chi connectivity index (χ3n) is 5.26. The molecule has 0 heteroatoms. The van der Waals surface area contributed by atoms with Gasteiger partial charge in [0, 0.05) is 0 Å². The fourth-order valence-corrected chi connectivity index (χ4v) is 3.94. The van der Waals surface area contributed by atoms with Gasteiger partial charge in [-0.2, -0.15) is 0 Å². The Morgan fingerprint density at radius 2 is 1.37 bits per heavy atom. The van der Waals surface area contributed by atoms with E-state index in [9.17, 15) is 0 Å². The van der Waals surface area contributed by atoms with Gasteiger partial charge in [-0.1, -0.05) is 103 Å². The maximum absolute atomic E-state index is 2.30. The highest BCUT2D eigenvalue weighted by atomic mass is 14.1. The molecule has 0 bridgehead atoms. The lowest BCUT2D eigenvalue weighted by Crippen LogP contribution is -1.89. The van der Waals surface area contributed by atoms with E-state index >= 15 is 0 Å². The first-order valence-corrected chi connectivity index (χ1v) is 9.45. The standard InChI is InChI=1S/C27H20/c1-2-4-11-21(10-3-1)25-15-7-13-22-14-8-16-26(27(22)25)24-18-17-20-9-5-6-12-23(20)19-24/h1,3-19H,2H2. The summed E-state index contributed by atoms with van der Waals surface area (Å²) < 4.78 is 0. The molecular formula is C27H20. The number of hydrogen-bond donors (Lipinski definition) is 0. The minimum Gasteiger partial charge on any atom is -0.0807 e. The van der Waals surface area contributed by atoms with Crippen LogP contribution in [0.15, 0.2) is 109 Å². The van der Waals surface area contributed by atoms with Crippen molar-refractivity contribution < 1.29 is 0 Å². The molecule has 0 fully saturated rings. The maximum atomic E-state index is 2.30. The molecule has 0 saturated heterocycles. The van der Waals surface area contributed by atoms with E-state index in [0.29, 0.717) is 0 Å². The summed E-state index contributed by atoms with van der Waals surface area (Å²) in [6.07, 6.45) is 12.0. The van der Waals surface area contributed by atoms with Crippen LogP contribution in [-0.2, 0) is 0 Å². The van der Waals surface area contributed by atoms with E-state index in [0.717, 1.165) is 6.42 Å². The zero-order valence-corrected chi connectivity index (χ0v) is 15.1. The molecule has 0 heterocycles. The van der Waals surface area contributed by atoms with Crippen LogP contribution in [0.3, 0.4) is 0 Å². The molecule has 0 spiro atoms. The molecule has 5 rings (SSSR count). The Bertz CT molecular complexity index is 1230. The van der Waals surface area contributed by atoms with Gasteiger partial charge in [0.15, 0.2) is 0 Å². The molecule has 0 atom stereocenters. The molecule has 0 aliphatic heterocycles. The molecule has 0 aromatic heterocycles. The molecular weight excluding hydrogens is 324 g/mol. The van der Waals surface area contributed by atoms with Crippen LogP contribution >= 0.6 is 0 Å². The van der Waals surface area contributed by atoms with Crippen molar-refractivity contribution in [2.24, 2.45) is 0 Å². The first-order valence-electron chi connectivity index (χ1n) is 9.45. The fourth-order valence-electron chi connectivity index (χ4n) is 3.94. The Balaban J connectivity index is 1.79. The van der Waals surface area contributed by atoms with Gasteiger partial charge in [0.2, 0.25) is 0 Å². The summed E-state index contributed by atoms with van der Waals surface area (Å²) in [5, 5.41) is 5.16. The lowest BCUT2D eigenvalue weighted by molar-refractivity contribution is 1.41. The predicted molar refractivity (Wildman–Crippen MR) is 118 cm³/mol. The van der Waals surface area contributed by atoms with E-state index in [1.54, 1.807) is 0 Å². The average Bonchev–Trinajstić information content (AvgIpc) is 3.02. The first-order chi connectivity index (χ1) is 13.4. The van der Waals surface area contributed by atoms with Crippen molar-refractivity contribution >= 4 is 27.1 Å². The smallest absolute Gasteiger partial charge is 0.00268 e. The zero-order valence-electron chi connectivity index (χ0n) is 15.1. The predicted octanol–water partition coefficient (Wildman–Crippen LogP) is 7.56. The van der Waals surface area contributed by atoms with Crippen molar-refractivity contribution in [1.82, 2.24) is 0 Å². The topological polar surface area (TPSA) is 0 Å². The van der Waals surface area contributed by atoms with Crippen LogP contribution in [-0.4, -0.2) is 0 Å². The Kier molecular flexibility index (Phi) is 3.95. The van der Waals surface area contributed by atoms with Crippen LogP contribution in [0.2, 0.25) is 0 Å². The van der Waals surface area contributed by atoms with Gasteiger partial charge >= 0.3 is 0 Å². The minimum absolute atomic E-state index is 0.988. The van der Waals surface area contributed by atoms with E-state index in [1.807, 2.05) is 0 Å². The van der Waals surface area contributed by atoms with Crippen molar-refractivity contribution in [3.05, 3.63) is 115 Å². The summed E-state index contributed by atoms with van der Waals surface area (Å²) >= 11 is 0. The Hall–Kier alpha value is -3.38. The van der Waals surface area contributed by atoms with Gasteiger partial charge in [-0.05, 0) is 56.3 Å². The number of hydrogen-bond acceptors (Lipinski definition) is 0. The van der Waals surface area contributed by atoms with Crippen LogP contribution in [0.1, 0.15) is 12.0 Å². The average molecular weight is 344 g/mol. The highest BCUT2D eigenvalue weighted by molar-refractivity contribution is 6.06. The first kappa shape index (κ1) is 15.8. The second-order valence-corrected chi connectivity index (χ2v) is 6.96. The monoisotopic (exact) mass is 344 g/mol. The molecule has 0 saturated carbocycles. The van der Waals surface area contributed by atoms with Gasteiger partial charge in [0.05, 0.1) is 0 Å². The van der Waals surface area contributed by atoms with E-state index in [-0.39, 0.29) is 0 Å². The molecule has 128 valence electrons. The largest absolute Gasteiger partial charge is 0.0807 e. The van der Waals surface area contributed by atoms with E-state index in [4.69, 9.17) is 0 Å². The number of rotatable bonds is 2. The van der Waals surface area contributed by atoms with Gasteiger partial charge in [-0.25, -0.2) is 0 Å². The quantitative estimate of drug-likeness (QED) is 0.352. The minimum atomic E-state index is 0.988. The van der Waals surface area contributed by atoms with E-state index < -0.39 is 0 Å². The molecule has 4 aromatic carbocycles. The van der Waals surface area contributed by atoms with Crippen molar-refractivity contribution in [3.63, 3.8) is 0 Å². The maximum Gasteiger partial charge on any atom is -0.00268 e. The lowest BCUT2D eigenvalue weighted by atomic mass is 9.90. The van der Waals surface area contributed by atoms with Crippen LogP contribution in [0.4, 0.5) is 0 Å². The van der Waals surface area contributed by atoms with Crippen LogP contribution < -0.4 is 0 Å². The summed E-state index contributed by atoms with van der Waals surface area (Å²) in [4.78, 5) is 0. The highest BCUT2D eigenvalue weighted by Crippen LogP contribution is 2.36. The summed E-state index contributed by atoms with van der Waals surface area (Å²) in [7, 11) is 0. The normalized spacial score (nSPS) is 13.7. The molecule has 0 amide bonds. The van der Waals surface area contributed by atoms with Crippen LogP contribution in [0.5, 0.6) is 0 Å². The van der Waals surface area contributed by atoms with E-state index in [2.05, 4.69) is 109 Å². The summed E-state index contributed by atoms with van der Waals surface area (Å²) in [6.45, 7) is 0. The molecule has 0 nitrogen and oxygen atoms in total. The van der Waals surface area contributed by atoms with Gasteiger partial charge in [-0.15, -0.1) is 0 Å². The number of fused-ring (bicyclic) bond motifs is 2. The molecule has 27 heavy (non-hydrogen) atoms. The van der Waals surface area contributed by atoms with Crippen molar-refractivity contribution in [2.75, 3.05) is 0 Å². The molecule has 1 aliphatic rings. The Morgan fingerprint density at radius 1 is 0.593 bits per heavy atom. The second-order valence-electron chi connectivity index (χ2n) is 6.96. The van der Waals surface area contributed by atoms with Crippen molar-refractivity contribution in [3.8, 4) is 11.1 Å². The molecule has 0 unspecified atom stereocenters. The van der Waals surface area contributed by atoms with Crippen molar-refractivity contribution in [2.45, 2.75) is 6.42 Å². The second kappa shape index (κ2) is 6.74. The van der Waals surface area contributed by atoms with Gasteiger partial charge < -0.3 is 0 Å². The fraction of sp³-hybridized carbons (Fsp3) is 0.0370. The molecule has 0 N–H and O–H groups in total. The lowest BCUT2D eigenvalue weighted by Gasteiger charge is -2.13. The summed E-state index contributed by atoms with van der Waals surface area (Å²) in [5.74, 6) is 0. The SMILES string of the molecule is C1=CCC=CC(c2cccc3cccc(-c4ccc5ccccc5c4)c23)=C1. The zero-order chi connectivity index (χ0) is 18.1. The van der Waals surface area contributed by atoms with E-state index in [1.165, 1.54) is 43.8 Å². The number of allylic oxidation sites excluding steroid dienone is 6. The van der Waals surface area contributed by atoms with Crippen LogP contribution in [0.25, 0.3) is 38.2 Å². The molecule has 0 radical (unpaired) electrons. The Labute approximate surface area is 159 Å². The third-order valence-corrected chi connectivity index (χ3v) is 5.26. The summed E-state index contributed by atoms with van der Waals surface area (Å²) in [6, 6.07) is 28.5. The highest BCUT2D eigenvalue weighted by Gasteiger charge is 2.11. The number of benzene rings is 4.